The lowest BCUT2D eigenvalue weighted by Gasteiger charge is -2.12. The van der Waals surface area contributed by atoms with Crippen LogP contribution in [0.2, 0.25) is 0 Å². The molecule has 0 aliphatic heterocycles. The number of aromatic nitrogens is 1. The molecule has 0 radical (unpaired) electrons. The van der Waals surface area contributed by atoms with Crippen LogP contribution in [-0.2, 0) is 9.53 Å². The SMILES string of the molecule is Cc1oc(-c2ccccc2)nc1C(=O)O[C@H](C)C(=O)Nc1ccc(F)cc1. The van der Waals surface area contributed by atoms with E-state index in [1.165, 1.54) is 31.2 Å². The van der Waals surface area contributed by atoms with Crippen LogP contribution in [0.1, 0.15) is 23.2 Å². The number of carbonyl (C=O) groups is 2. The van der Waals surface area contributed by atoms with Gasteiger partial charge >= 0.3 is 5.97 Å². The highest BCUT2D eigenvalue weighted by Crippen LogP contribution is 2.22. The van der Waals surface area contributed by atoms with Gasteiger partial charge in [0.1, 0.15) is 11.6 Å². The first-order valence-electron chi connectivity index (χ1n) is 8.24. The number of nitrogens with zero attached hydrogens (tertiary/aromatic N) is 1. The maximum Gasteiger partial charge on any atom is 0.361 e. The summed E-state index contributed by atoms with van der Waals surface area (Å²) < 4.78 is 23.6. The molecule has 0 unspecified atom stereocenters. The molecule has 1 atom stereocenters. The fourth-order valence-corrected chi connectivity index (χ4v) is 2.34. The van der Waals surface area contributed by atoms with Gasteiger partial charge in [-0.05, 0) is 50.2 Å². The van der Waals surface area contributed by atoms with E-state index >= 15 is 0 Å². The number of aryl methyl sites for hydroxylation is 1. The minimum atomic E-state index is -1.07. The Balaban J connectivity index is 1.67. The van der Waals surface area contributed by atoms with E-state index in [9.17, 15) is 14.0 Å². The lowest BCUT2D eigenvalue weighted by molar-refractivity contribution is -0.123. The van der Waals surface area contributed by atoms with Gasteiger partial charge in [0.25, 0.3) is 5.91 Å². The average molecular weight is 368 g/mol. The van der Waals surface area contributed by atoms with Crippen molar-refractivity contribution < 1.29 is 23.1 Å². The van der Waals surface area contributed by atoms with Crippen molar-refractivity contribution in [2.45, 2.75) is 20.0 Å². The lowest BCUT2D eigenvalue weighted by Crippen LogP contribution is -2.30. The van der Waals surface area contributed by atoms with Gasteiger partial charge in [0.15, 0.2) is 11.8 Å². The average Bonchev–Trinajstić information content (AvgIpc) is 3.06. The molecular formula is C20H17FN2O4. The predicted octanol–water partition coefficient (Wildman–Crippen LogP) is 3.97. The van der Waals surface area contributed by atoms with Crippen molar-refractivity contribution in [2.75, 3.05) is 5.32 Å². The number of hydrogen-bond acceptors (Lipinski definition) is 5. The number of rotatable bonds is 5. The summed E-state index contributed by atoms with van der Waals surface area (Å²) in [5.74, 6) is -1.13. The molecular weight excluding hydrogens is 351 g/mol. The van der Waals surface area contributed by atoms with Crippen LogP contribution >= 0.6 is 0 Å². The molecule has 0 aliphatic carbocycles. The third kappa shape index (κ3) is 4.38. The largest absolute Gasteiger partial charge is 0.448 e. The van der Waals surface area contributed by atoms with E-state index in [4.69, 9.17) is 9.15 Å². The van der Waals surface area contributed by atoms with Crippen molar-refractivity contribution in [2.24, 2.45) is 0 Å². The fourth-order valence-electron chi connectivity index (χ4n) is 2.34. The lowest BCUT2D eigenvalue weighted by atomic mass is 10.2. The number of carbonyl (C=O) groups excluding carboxylic acids is 2. The Hall–Kier alpha value is -3.48. The van der Waals surface area contributed by atoms with Crippen molar-refractivity contribution in [3.63, 3.8) is 0 Å². The summed E-state index contributed by atoms with van der Waals surface area (Å²) in [5, 5.41) is 2.54. The highest BCUT2D eigenvalue weighted by molar-refractivity contribution is 5.97. The molecule has 7 heteroatoms. The van der Waals surface area contributed by atoms with E-state index in [1.54, 1.807) is 19.1 Å². The van der Waals surface area contributed by atoms with Crippen molar-refractivity contribution >= 4 is 17.6 Å². The Labute approximate surface area is 155 Å². The van der Waals surface area contributed by atoms with Gasteiger partial charge in [0.05, 0.1) is 0 Å². The smallest absolute Gasteiger partial charge is 0.361 e. The third-order valence-electron chi connectivity index (χ3n) is 3.78. The van der Waals surface area contributed by atoms with Gasteiger partial charge in [-0.1, -0.05) is 18.2 Å². The molecule has 1 heterocycles. The molecule has 138 valence electrons. The molecule has 2 aromatic carbocycles. The zero-order chi connectivity index (χ0) is 19.4. The van der Waals surface area contributed by atoms with Crippen LogP contribution in [-0.4, -0.2) is 23.0 Å². The number of benzene rings is 2. The minimum Gasteiger partial charge on any atom is -0.448 e. The molecule has 1 N–H and O–H groups in total. The van der Waals surface area contributed by atoms with Crippen molar-refractivity contribution in [1.82, 2.24) is 4.98 Å². The maximum absolute atomic E-state index is 12.9. The Morgan fingerprint density at radius 2 is 1.78 bits per heavy atom. The molecule has 3 rings (SSSR count). The number of oxazole rings is 1. The second kappa shape index (κ2) is 7.82. The Morgan fingerprint density at radius 1 is 1.11 bits per heavy atom. The van der Waals surface area contributed by atoms with Gasteiger partial charge < -0.3 is 14.5 Å². The summed E-state index contributed by atoms with van der Waals surface area (Å²) in [7, 11) is 0. The summed E-state index contributed by atoms with van der Waals surface area (Å²) in [5.41, 5.74) is 1.13. The summed E-state index contributed by atoms with van der Waals surface area (Å²) in [4.78, 5) is 28.7. The zero-order valence-electron chi connectivity index (χ0n) is 14.7. The maximum atomic E-state index is 12.9. The minimum absolute atomic E-state index is 0.00952. The molecule has 1 aromatic heterocycles. The van der Waals surface area contributed by atoms with E-state index in [-0.39, 0.29) is 5.69 Å². The molecule has 6 nitrogen and oxygen atoms in total. The normalized spacial score (nSPS) is 11.7. The van der Waals surface area contributed by atoms with Crippen LogP contribution in [0.4, 0.5) is 10.1 Å². The van der Waals surface area contributed by atoms with Gasteiger partial charge in [-0.15, -0.1) is 0 Å². The summed E-state index contributed by atoms with van der Waals surface area (Å²) >= 11 is 0. The molecule has 0 bridgehead atoms. The van der Waals surface area contributed by atoms with E-state index in [0.717, 1.165) is 5.56 Å². The number of hydrogen-bond donors (Lipinski definition) is 1. The molecule has 0 saturated carbocycles. The highest BCUT2D eigenvalue weighted by atomic mass is 19.1. The van der Waals surface area contributed by atoms with Crippen LogP contribution in [0.25, 0.3) is 11.5 Å². The monoisotopic (exact) mass is 368 g/mol. The zero-order valence-corrected chi connectivity index (χ0v) is 14.7. The van der Waals surface area contributed by atoms with E-state index in [1.807, 2.05) is 18.2 Å². The third-order valence-corrected chi connectivity index (χ3v) is 3.78. The van der Waals surface area contributed by atoms with Crippen LogP contribution in [0.15, 0.2) is 59.0 Å². The van der Waals surface area contributed by atoms with Gasteiger partial charge in [-0.3, -0.25) is 4.79 Å². The Bertz CT molecular complexity index is 952. The number of ether oxygens (including phenoxy) is 1. The summed E-state index contributed by atoms with van der Waals surface area (Å²) in [6.45, 7) is 3.03. The number of esters is 1. The number of anilines is 1. The topological polar surface area (TPSA) is 81.4 Å². The summed E-state index contributed by atoms with van der Waals surface area (Å²) in [6.07, 6.45) is -1.07. The quantitative estimate of drug-likeness (QED) is 0.689. The number of halogens is 1. The van der Waals surface area contributed by atoms with Crippen molar-refractivity contribution in [3.8, 4) is 11.5 Å². The Kier molecular flexibility index (Phi) is 5.30. The van der Waals surface area contributed by atoms with Gasteiger partial charge in [-0.2, -0.15) is 0 Å². The van der Waals surface area contributed by atoms with Gasteiger partial charge in [-0.25, -0.2) is 14.2 Å². The first kappa shape index (κ1) is 18.3. The van der Waals surface area contributed by atoms with Crippen molar-refractivity contribution in [1.29, 1.82) is 0 Å². The van der Waals surface area contributed by atoms with Crippen LogP contribution in [0.5, 0.6) is 0 Å². The second-order valence-electron chi connectivity index (χ2n) is 5.83. The molecule has 0 spiro atoms. The molecule has 1 amide bonds. The molecule has 0 aliphatic rings. The van der Waals surface area contributed by atoms with E-state index < -0.39 is 23.8 Å². The van der Waals surface area contributed by atoms with Crippen LogP contribution in [0.3, 0.4) is 0 Å². The molecule has 3 aromatic rings. The number of nitrogens with one attached hydrogen (secondary N) is 1. The van der Waals surface area contributed by atoms with E-state index in [2.05, 4.69) is 10.3 Å². The second-order valence-corrected chi connectivity index (χ2v) is 5.83. The first-order chi connectivity index (χ1) is 12.9. The van der Waals surface area contributed by atoms with Gasteiger partial charge in [0.2, 0.25) is 5.89 Å². The fraction of sp³-hybridized carbons (Fsp3) is 0.150. The predicted molar refractivity (Wildman–Crippen MR) is 96.6 cm³/mol. The highest BCUT2D eigenvalue weighted by Gasteiger charge is 2.24. The van der Waals surface area contributed by atoms with E-state index in [0.29, 0.717) is 17.3 Å². The summed E-state index contributed by atoms with van der Waals surface area (Å²) in [6, 6.07) is 14.4. The molecule has 27 heavy (non-hydrogen) atoms. The molecule has 0 saturated heterocycles. The van der Waals surface area contributed by atoms with Crippen molar-refractivity contribution in [3.05, 3.63) is 71.9 Å². The van der Waals surface area contributed by atoms with Gasteiger partial charge in [0, 0.05) is 11.3 Å². The molecule has 0 fully saturated rings. The number of amides is 1. The first-order valence-corrected chi connectivity index (χ1v) is 8.24. The van der Waals surface area contributed by atoms with Crippen LogP contribution in [0, 0.1) is 12.7 Å². The standard InChI is InChI=1S/C20H17FN2O4/c1-12-17(23-19(26-12)14-6-4-3-5-7-14)20(25)27-13(2)18(24)22-16-10-8-15(21)9-11-16/h3-11,13H,1-2H3,(H,22,24)/t13-/m1/s1. The Morgan fingerprint density at radius 3 is 2.44 bits per heavy atom. The van der Waals surface area contributed by atoms with Crippen LogP contribution < -0.4 is 5.32 Å².